The third-order valence-corrected chi connectivity index (χ3v) is 4.97. The lowest BCUT2D eigenvalue weighted by atomic mass is 10.1. The Kier molecular flexibility index (Phi) is 7.38. The molecule has 0 aliphatic rings. The molecule has 1 amide bonds. The standard InChI is InChI=1S/C21H27NO2S/c1-15-5-8-19(9-6-15)14-25-12-11-22-21(23)18(4)24-20-10-7-16(2)13-17(20)3/h5-10,13,18H,11-12,14H2,1-4H3,(H,22,23)/t18-/m1/s1. The molecule has 4 heteroatoms. The van der Waals surface area contributed by atoms with Gasteiger partial charge < -0.3 is 10.1 Å². The number of nitrogens with one attached hydrogen (secondary N) is 1. The summed E-state index contributed by atoms with van der Waals surface area (Å²) in [6.07, 6.45) is -0.497. The fourth-order valence-electron chi connectivity index (χ4n) is 2.44. The summed E-state index contributed by atoms with van der Waals surface area (Å²) < 4.78 is 5.78. The van der Waals surface area contributed by atoms with Crippen LogP contribution in [0.2, 0.25) is 0 Å². The molecule has 2 rings (SSSR count). The van der Waals surface area contributed by atoms with Crippen LogP contribution in [0.3, 0.4) is 0 Å². The molecule has 0 aliphatic heterocycles. The maximum Gasteiger partial charge on any atom is 0.260 e. The molecule has 0 aliphatic carbocycles. The highest BCUT2D eigenvalue weighted by atomic mass is 32.2. The Bertz CT molecular complexity index is 698. The molecule has 2 aromatic rings. The minimum atomic E-state index is -0.497. The quantitative estimate of drug-likeness (QED) is 0.710. The molecule has 3 nitrogen and oxygen atoms in total. The number of hydrogen-bond acceptors (Lipinski definition) is 3. The highest BCUT2D eigenvalue weighted by molar-refractivity contribution is 7.98. The second-order valence-electron chi connectivity index (χ2n) is 6.36. The van der Waals surface area contributed by atoms with Gasteiger partial charge in [0, 0.05) is 18.1 Å². The number of benzene rings is 2. The minimum Gasteiger partial charge on any atom is -0.481 e. The van der Waals surface area contributed by atoms with Crippen LogP contribution in [0.1, 0.15) is 29.2 Å². The van der Waals surface area contributed by atoms with Crippen molar-refractivity contribution in [3.8, 4) is 5.75 Å². The zero-order valence-corrected chi connectivity index (χ0v) is 16.3. The van der Waals surface area contributed by atoms with E-state index >= 15 is 0 Å². The topological polar surface area (TPSA) is 38.3 Å². The summed E-state index contributed by atoms with van der Waals surface area (Å²) >= 11 is 1.82. The van der Waals surface area contributed by atoms with E-state index < -0.39 is 6.10 Å². The molecule has 25 heavy (non-hydrogen) atoms. The predicted molar refractivity (Wildman–Crippen MR) is 106 cm³/mol. The van der Waals surface area contributed by atoms with Crippen molar-refractivity contribution < 1.29 is 9.53 Å². The van der Waals surface area contributed by atoms with E-state index in [0.717, 1.165) is 22.8 Å². The number of aryl methyl sites for hydroxylation is 3. The third-order valence-electron chi connectivity index (χ3n) is 3.94. The molecular formula is C21H27NO2S. The number of hydrogen-bond donors (Lipinski definition) is 1. The molecule has 0 heterocycles. The molecule has 0 saturated heterocycles. The van der Waals surface area contributed by atoms with Crippen LogP contribution in [0.15, 0.2) is 42.5 Å². The van der Waals surface area contributed by atoms with Gasteiger partial charge in [-0.25, -0.2) is 0 Å². The molecule has 134 valence electrons. The Morgan fingerprint density at radius 3 is 2.44 bits per heavy atom. The number of thioether (sulfide) groups is 1. The SMILES string of the molecule is Cc1ccc(CSCCNC(=O)[C@@H](C)Oc2ccc(C)cc2C)cc1. The highest BCUT2D eigenvalue weighted by Gasteiger charge is 2.15. The van der Waals surface area contributed by atoms with Crippen LogP contribution in [0, 0.1) is 20.8 Å². The van der Waals surface area contributed by atoms with Gasteiger partial charge in [-0.15, -0.1) is 0 Å². The van der Waals surface area contributed by atoms with Gasteiger partial charge in [0.2, 0.25) is 0 Å². The average molecular weight is 358 g/mol. The molecule has 0 bridgehead atoms. The van der Waals surface area contributed by atoms with Crippen molar-refractivity contribution in [1.29, 1.82) is 0 Å². The largest absolute Gasteiger partial charge is 0.481 e. The van der Waals surface area contributed by atoms with Crippen molar-refractivity contribution in [2.75, 3.05) is 12.3 Å². The van der Waals surface area contributed by atoms with Crippen molar-refractivity contribution in [1.82, 2.24) is 5.32 Å². The summed E-state index contributed by atoms with van der Waals surface area (Å²) in [5.41, 5.74) is 4.83. The Morgan fingerprint density at radius 2 is 1.76 bits per heavy atom. The number of carbonyl (C=O) groups is 1. The summed E-state index contributed by atoms with van der Waals surface area (Å²) in [5, 5.41) is 2.94. The number of carbonyl (C=O) groups excluding carboxylic acids is 1. The van der Waals surface area contributed by atoms with Crippen molar-refractivity contribution in [2.45, 2.75) is 39.6 Å². The molecule has 1 N–H and O–H groups in total. The van der Waals surface area contributed by atoms with Crippen molar-refractivity contribution in [3.63, 3.8) is 0 Å². The molecular weight excluding hydrogens is 330 g/mol. The van der Waals surface area contributed by atoms with Gasteiger partial charge in [-0.05, 0) is 44.9 Å². The van der Waals surface area contributed by atoms with Gasteiger partial charge in [0.1, 0.15) is 5.75 Å². The summed E-state index contributed by atoms with van der Waals surface area (Å²) in [7, 11) is 0. The molecule has 1 atom stereocenters. The second kappa shape index (κ2) is 9.52. The highest BCUT2D eigenvalue weighted by Crippen LogP contribution is 2.20. The number of amides is 1. The fourth-order valence-corrected chi connectivity index (χ4v) is 3.26. The van der Waals surface area contributed by atoms with Gasteiger partial charge in [-0.1, -0.05) is 47.5 Å². The summed E-state index contributed by atoms with van der Waals surface area (Å²) in [6.45, 7) is 8.56. The van der Waals surface area contributed by atoms with Crippen LogP contribution in [0.25, 0.3) is 0 Å². The average Bonchev–Trinajstić information content (AvgIpc) is 2.58. The lowest BCUT2D eigenvalue weighted by Crippen LogP contribution is -2.37. The van der Waals surface area contributed by atoms with Crippen LogP contribution >= 0.6 is 11.8 Å². The van der Waals surface area contributed by atoms with Gasteiger partial charge in [0.05, 0.1) is 0 Å². The monoisotopic (exact) mass is 357 g/mol. The normalized spacial score (nSPS) is 11.8. The third kappa shape index (κ3) is 6.46. The van der Waals surface area contributed by atoms with Gasteiger partial charge in [0.15, 0.2) is 6.10 Å². The van der Waals surface area contributed by atoms with Gasteiger partial charge in [-0.3, -0.25) is 4.79 Å². The van der Waals surface area contributed by atoms with Crippen LogP contribution in [0.5, 0.6) is 5.75 Å². The Balaban J connectivity index is 1.68. The van der Waals surface area contributed by atoms with Gasteiger partial charge in [-0.2, -0.15) is 11.8 Å². The van der Waals surface area contributed by atoms with E-state index in [-0.39, 0.29) is 5.91 Å². The maximum atomic E-state index is 12.2. The smallest absolute Gasteiger partial charge is 0.260 e. The Labute approximate surface area is 155 Å². The van der Waals surface area contributed by atoms with E-state index in [1.807, 2.05) is 37.7 Å². The molecule has 0 radical (unpaired) electrons. The molecule has 0 fully saturated rings. The van der Waals surface area contributed by atoms with Crippen LogP contribution in [0.4, 0.5) is 0 Å². The fraction of sp³-hybridized carbons (Fsp3) is 0.381. The van der Waals surface area contributed by atoms with E-state index in [9.17, 15) is 4.79 Å². The van der Waals surface area contributed by atoms with E-state index in [2.05, 4.69) is 42.6 Å². The number of rotatable bonds is 8. The molecule has 2 aromatic carbocycles. The molecule has 0 saturated carbocycles. The van der Waals surface area contributed by atoms with Crippen molar-refractivity contribution >= 4 is 17.7 Å². The maximum absolute atomic E-state index is 12.2. The van der Waals surface area contributed by atoms with Crippen LogP contribution in [-0.4, -0.2) is 24.3 Å². The van der Waals surface area contributed by atoms with E-state index in [1.54, 1.807) is 6.92 Å². The zero-order valence-electron chi connectivity index (χ0n) is 15.5. The first-order valence-corrected chi connectivity index (χ1v) is 9.76. The van der Waals surface area contributed by atoms with E-state index in [1.165, 1.54) is 16.7 Å². The Hall–Kier alpha value is -1.94. The molecule has 0 unspecified atom stereocenters. The lowest BCUT2D eigenvalue weighted by Gasteiger charge is -2.16. The Morgan fingerprint density at radius 1 is 1.08 bits per heavy atom. The van der Waals surface area contributed by atoms with Crippen LogP contribution < -0.4 is 10.1 Å². The predicted octanol–water partition coefficient (Wildman–Crippen LogP) is 4.43. The summed E-state index contributed by atoms with van der Waals surface area (Å²) in [6, 6.07) is 14.5. The van der Waals surface area contributed by atoms with Gasteiger partial charge >= 0.3 is 0 Å². The first-order chi connectivity index (χ1) is 12.0. The first-order valence-electron chi connectivity index (χ1n) is 8.60. The van der Waals surface area contributed by atoms with Crippen molar-refractivity contribution in [2.24, 2.45) is 0 Å². The van der Waals surface area contributed by atoms with Gasteiger partial charge in [0.25, 0.3) is 5.91 Å². The molecule has 0 aromatic heterocycles. The van der Waals surface area contributed by atoms with Crippen molar-refractivity contribution in [3.05, 3.63) is 64.7 Å². The lowest BCUT2D eigenvalue weighted by molar-refractivity contribution is -0.127. The minimum absolute atomic E-state index is 0.0732. The second-order valence-corrected chi connectivity index (χ2v) is 7.46. The summed E-state index contributed by atoms with van der Waals surface area (Å²) in [5.74, 6) is 2.54. The zero-order chi connectivity index (χ0) is 18.2. The van der Waals surface area contributed by atoms with E-state index in [0.29, 0.717) is 6.54 Å². The van der Waals surface area contributed by atoms with Crippen LogP contribution in [-0.2, 0) is 10.5 Å². The van der Waals surface area contributed by atoms with E-state index in [4.69, 9.17) is 4.74 Å². The number of ether oxygens (including phenoxy) is 1. The molecule has 0 spiro atoms. The summed E-state index contributed by atoms with van der Waals surface area (Å²) in [4.78, 5) is 12.2. The first kappa shape index (κ1) is 19.4.